The summed E-state index contributed by atoms with van der Waals surface area (Å²) < 4.78 is 28.2. The molecule has 0 aromatic carbocycles. The first kappa shape index (κ1) is 12.5. The number of hydrogen-bond donors (Lipinski definition) is 1. The lowest BCUT2D eigenvalue weighted by atomic mass is 10.1. The van der Waals surface area contributed by atoms with Crippen LogP contribution in [0.25, 0.3) is 0 Å². The number of aromatic nitrogens is 2. The minimum Gasteiger partial charge on any atom is -0.423 e. The minimum absolute atomic E-state index is 0.000685. The molecule has 0 amide bonds. The van der Waals surface area contributed by atoms with Gasteiger partial charge in [-0.25, -0.2) is 8.42 Å². The Kier molecular flexibility index (Phi) is 3.48. The second-order valence-corrected chi connectivity index (χ2v) is 6.59. The van der Waals surface area contributed by atoms with Gasteiger partial charge < -0.3 is 9.73 Å². The van der Waals surface area contributed by atoms with Crippen LogP contribution in [0.1, 0.15) is 44.0 Å². The van der Waals surface area contributed by atoms with Crippen molar-refractivity contribution in [3.63, 3.8) is 0 Å². The second-order valence-electron chi connectivity index (χ2n) is 4.36. The van der Waals surface area contributed by atoms with Gasteiger partial charge in [0.15, 0.2) is 9.84 Å². The fraction of sp³-hybridized carbons (Fsp3) is 0.800. The van der Waals surface area contributed by atoms with Crippen LogP contribution in [-0.4, -0.2) is 36.7 Å². The van der Waals surface area contributed by atoms with Crippen molar-refractivity contribution >= 4 is 9.84 Å². The average molecular weight is 259 g/mol. The van der Waals surface area contributed by atoms with Gasteiger partial charge in [0.2, 0.25) is 11.8 Å². The van der Waals surface area contributed by atoms with E-state index in [2.05, 4.69) is 15.5 Å². The standard InChI is InChI=1S/C10H17N3O3S/c1-3-11-7(2)9-12-13-10(16-9)8-4-5-17(14,15)6-8/h7-8,11H,3-6H2,1-2H3. The summed E-state index contributed by atoms with van der Waals surface area (Å²) in [5.41, 5.74) is 0. The summed E-state index contributed by atoms with van der Waals surface area (Å²) in [6, 6.07) is -0.000685. The van der Waals surface area contributed by atoms with Crippen molar-refractivity contribution in [2.75, 3.05) is 18.1 Å². The van der Waals surface area contributed by atoms with Gasteiger partial charge >= 0.3 is 0 Å². The van der Waals surface area contributed by atoms with E-state index in [0.29, 0.717) is 18.2 Å². The molecule has 0 bridgehead atoms. The van der Waals surface area contributed by atoms with E-state index >= 15 is 0 Å². The molecule has 7 heteroatoms. The van der Waals surface area contributed by atoms with E-state index in [0.717, 1.165) is 6.54 Å². The van der Waals surface area contributed by atoms with E-state index in [4.69, 9.17) is 4.42 Å². The topological polar surface area (TPSA) is 85.1 Å². The number of sulfone groups is 1. The third kappa shape index (κ3) is 2.84. The molecule has 1 aromatic heterocycles. The quantitative estimate of drug-likeness (QED) is 0.854. The summed E-state index contributed by atoms with van der Waals surface area (Å²) in [7, 11) is -2.91. The molecule has 1 aromatic rings. The van der Waals surface area contributed by atoms with Crippen molar-refractivity contribution < 1.29 is 12.8 Å². The summed E-state index contributed by atoms with van der Waals surface area (Å²) in [4.78, 5) is 0. The van der Waals surface area contributed by atoms with Crippen LogP contribution in [0, 0.1) is 0 Å². The highest BCUT2D eigenvalue weighted by Gasteiger charge is 2.33. The zero-order valence-electron chi connectivity index (χ0n) is 10.0. The largest absolute Gasteiger partial charge is 0.423 e. The van der Waals surface area contributed by atoms with Gasteiger partial charge in [0.05, 0.1) is 23.5 Å². The first-order chi connectivity index (χ1) is 8.02. The maximum atomic E-state index is 11.4. The van der Waals surface area contributed by atoms with E-state index in [9.17, 15) is 8.42 Å². The van der Waals surface area contributed by atoms with Crippen molar-refractivity contribution in [1.29, 1.82) is 0 Å². The molecule has 0 saturated carbocycles. The summed E-state index contributed by atoms with van der Waals surface area (Å²) in [6.07, 6.45) is 0.583. The van der Waals surface area contributed by atoms with E-state index in [1.807, 2.05) is 13.8 Å². The molecule has 1 saturated heterocycles. The summed E-state index contributed by atoms with van der Waals surface area (Å²) in [5.74, 6) is 1.19. The third-order valence-electron chi connectivity index (χ3n) is 2.92. The molecule has 0 spiro atoms. The minimum atomic E-state index is -2.91. The van der Waals surface area contributed by atoms with Gasteiger partial charge in [-0.1, -0.05) is 6.92 Å². The second kappa shape index (κ2) is 4.73. The van der Waals surface area contributed by atoms with Crippen LogP contribution in [-0.2, 0) is 9.84 Å². The van der Waals surface area contributed by atoms with Crippen LogP contribution >= 0.6 is 0 Å². The van der Waals surface area contributed by atoms with Crippen molar-refractivity contribution in [3.05, 3.63) is 11.8 Å². The van der Waals surface area contributed by atoms with Crippen molar-refractivity contribution in [3.8, 4) is 0 Å². The maximum absolute atomic E-state index is 11.4. The molecule has 2 rings (SSSR count). The third-order valence-corrected chi connectivity index (χ3v) is 4.69. The van der Waals surface area contributed by atoms with Crippen LogP contribution in [0.15, 0.2) is 4.42 Å². The van der Waals surface area contributed by atoms with E-state index in [1.165, 1.54) is 0 Å². The normalized spacial score (nSPS) is 24.9. The predicted octanol–water partition coefficient (Wildman–Crippen LogP) is 0.642. The Labute approximate surface area is 101 Å². The van der Waals surface area contributed by atoms with Gasteiger partial charge in [-0.15, -0.1) is 10.2 Å². The summed E-state index contributed by atoms with van der Waals surface area (Å²) >= 11 is 0. The van der Waals surface area contributed by atoms with Crippen molar-refractivity contribution in [2.24, 2.45) is 0 Å². The average Bonchev–Trinajstić information content (AvgIpc) is 2.84. The zero-order valence-corrected chi connectivity index (χ0v) is 10.8. The van der Waals surface area contributed by atoms with Crippen LogP contribution < -0.4 is 5.32 Å². The molecule has 17 heavy (non-hydrogen) atoms. The number of nitrogens with one attached hydrogen (secondary N) is 1. The molecule has 1 N–H and O–H groups in total. The zero-order chi connectivity index (χ0) is 12.5. The molecule has 1 aliphatic rings. The molecule has 1 fully saturated rings. The first-order valence-corrected chi connectivity index (χ1v) is 7.61. The first-order valence-electron chi connectivity index (χ1n) is 5.79. The summed E-state index contributed by atoms with van der Waals surface area (Å²) in [5, 5.41) is 11.1. The number of hydrogen-bond acceptors (Lipinski definition) is 6. The lowest BCUT2D eigenvalue weighted by Gasteiger charge is -2.06. The highest BCUT2D eigenvalue weighted by atomic mass is 32.2. The molecule has 6 nitrogen and oxygen atoms in total. The van der Waals surface area contributed by atoms with E-state index in [1.54, 1.807) is 0 Å². The van der Waals surface area contributed by atoms with Crippen LogP contribution in [0.3, 0.4) is 0 Å². The smallest absolute Gasteiger partial charge is 0.233 e. The number of rotatable bonds is 4. The molecular weight excluding hydrogens is 242 g/mol. The molecule has 0 aliphatic carbocycles. The monoisotopic (exact) mass is 259 g/mol. The Morgan fingerprint density at radius 2 is 2.29 bits per heavy atom. The lowest BCUT2D eigenvalue weighted by Crippen LogP contribution is -2.17. The van der Waals surface area contributed by atoms with Crippen LogP contribution in [0.5, 0.6) is 0 Å². The fourth-order valence-electron chi connectivity index (χ4n) is 1.97. The Morgan fingerprint density at radius 3 is 2.88 bits per heavy atom. The summed E-state index contributed by atoms with van der Waals surface area (Å²) in [6.45, 7) is 4.75. The molecule has 0 radical (unpaired) electrons. The Morgan fingerprint density at radius 1 is 1.53 bits per heavy atom. The highest BCUT2D eigenvalue weighted by Crippen LogP contribution is 2.28. The van der Waals surface area contributed by atoms with Gasteiger partial charge in [0, 0.05) is 0 Å². The highest BCUT2D eigenvalue weighted by molar-refractivity contribution is 7.91. The van der Waals surface area contributed by atoms with Crippen molar-refractivity contribution in [2.45, 2.75) is 32.2 Å². The van der Waals surface area contributed by atoms with Crippen LogP contribution in [0.4, 0.5) is 0 Å². The van der Waals surface area contributed by atoms with Gasteiger partial charge in [-0.2, -0.15) is 0 Å². The Balaban J connectivity index is 2.09. The van der Waals surface area contributed by atoms with Gasteiger partial charge in [0.25, 0.3) is 0 Å². The van der Waals surface area contributed by atoms with Crippen molar-refractivity contribution in [1.82, 2.24) is 15.5 Å². The molecular formula is C10H17N3O3S. The molecule has 1 aliphatic heterocycles. The number of nitrogens with zero attached hydrogens (tertiary/aromatic N) is 2. The molecule has 96 valence electrons. The van der Waals surface area contributed by atoms with Gasteiger partial charge in [-0.05, 0) is 19.9 Å². The van der Waals surface area contributed by atoms with E-state index in [-0.39, 0.29) is 23.5 Å². The molecule has 2 heterocycles. The lowest BCUT2D eigenvalue weighted by molar-refractivity contribution is 0.383. The fourth-order valence-corrected chi connectivity index (χ4v) is 3.70. The van der Waals surface area contributed by atoms with E-state index < -0.39 is 9.84 Å². The Hall–Kier alpha value is -0.950. The van der Waals surface area contributed by atoms with Gasteiger partial charge in [0.1, 0.15) is 0 Å². The maximum Gasteiger partial charge on any atom is 0.233 e. The molecule has 2 atom stereocenters. The predicted molar refractivity (Wildman–Crippen MR) is 62.4 cm³/mol. The van der Waals surface area contributed by atoms with Crippen LogP contribution in [0.2, 0.25) is 0 Å². The molecule has 2 unspecified atom stereocenters. The SMILES string of the molecule is CCNC(C)c1nnc(C2CCS(=O)(=O)C2)o1. The Bertz CT molecular complexity index is 483. The van der Waals surface area contributed by atoms with Gasteiger partial charge in [-0.3, -0.25) is 0 Å².